The highest BCUT2D eigenvalue weighted by Crippen LogP contribution is 2.33. The summed E-state index contributed by atoms with van der Waals surface area (Å²) in [5.74, 6) is 0.422. The summed E-state index contributed by atoms with van der Waals surface area (Å²) in [6.45, 7) is 0. The van der Waals surface area contributed by atoms with Crippen molar-refractivity contribution in [3.05, 3.63) is 75.9 Å². The van der Waals surface area contributed by atoms with E-state index in [1.165, 1.54) is 5.56 Å². The quantitative estimate of drug-likeness (QED) is 0.415. The number of hydrogen-bond acceptors (Lipinski definition) is 6. The van der Waals surface area contributed by atoms with Crippen LogP contribution < -0.4 is 11.5 Å². The van der Waals surface area contributed by atoms with Crippen LogP contribution in [0.25, 0.3) is 17.2 Å². The Morgan fingerprint density at radius 2 is 1.60 bits per heavy atom. The molecule has 3 aromatic rings. The fraction of sp³-hybridized carbons (Fsp3) is 0.0526. The van der Waals surface area contributed by atoms with Gasteiger partial charge in [0, 0.05) is 5.56 Å². The highest BCUT2D eigenvalue weighted by molar-refractivity contribution is 7.79. The lowest BCUT2D eigenvalue weighted by molar-refractivity contribution is 0.381. The van der Waals surface area contributed by atoms with Crippen molar-refractivity contribution >= 4 is 51.4 Å². The predicted octanol–water partition coefficient (Wildman–Crippen LogP) is 4.22. The Morgan fingerprint density at radius 1 is 0.967 bits per heavy atom. The van der Waals surface area contributed by atoms with Crippen LogP contribution in [-0.4, -0.2) is 27.5 Å². The maximum Gasteiger partial charge on any atom is 0.394 e. The van der Waals surface area contributed by atoms with Gasteiger partial charge in [-0.05, 0) is 35.8 Å². The van der Waals surface area contributed by atoms with Crippen molar-refractivity contribution in [1.29, 1.82) is 0 Å². The van der Waals surface area contributed by atoms with E-state index in [1.54, 1.807) is 12.1 Å². The molecule has 0 aliphatic carbocycles. The molecule has 0 amide bonds. The molecule has 2 aromatic carbocycles. The standard InChI is InChI=1S/C19H16Cl2N4.H2O4S/c20-14-10-9-13(11-15(14)21)17-16(24-19(23)25-18(17)22)8-4-7-12-5-2-1-3-6-12;1-5(2,3)4/h1-6,8-11H,7H2,(H4,22,23,24,25);(H2,1,2,3,4)/b8-4+;. The average molecular weight is 469 g/mol. The lowest BCUT2D eigenvalue weighted by atomic mass is 10.0. The minimum Gasteiger partial charge on any atom is -0.383 e. The van der Waals surface area contributed by atoms with Crippen LogP contribution in [0.15, 0.2) is 54.6 Å². The van der Waals surface area contributed by atoms with Gasteiger partial charge in [0.05, 0.1) is 15.7 Å². The molecule has 0 saturated heterocycles. The molecule has 158 valence electrons. The molecule has 0 atom stereocenters. The maximum absolute atomic E-state index is 8.74. The molecular weight excluding hydrogens is 451 g/mol. The number of anilines is 2. The molecule has 0 saturated carbocycles. The van der Waals surface area contributed by atoms with Gasteiger partial charge in [0.1, 0.15) is 5.82 Å². The Labute approximate surface area is 183 Å². The topological polar surface area (TPSA) is 152 Å². The summed E-state index contributed by atoms with van der Waals surface area (Å²) in [6.07, 6.45) is 4.67. The minimum atomic E-state index is -4.67. The van der Waals surface area contributed by atoms with Crippen molar-refractivity contribution in [2.45, 2.75) is 6.42 Å². The third-order valence-electron chi connectivity index (χ3n) is 3.66. The summed E-state index contributed by atoms with van der Waals surface area (Å²) in [5, 5.41) is 0.913. The van der Waals surface area contributed by atoms with Gasteiger partial charge in [-0.2, -0.15) is 13.4 Å². The van der Waals surface area contributed by atoms with Gasteiger partial charge in [0.25, 0.3) is 0 Å². The van der Waals surface area contributed by atoms with Crippen LogP contribution in [-0.2, 0) is 16.8 Å². The lowest BCUT2D eigenvalue weighted by Crippen LogP contribution is -2.04. The fourth-order valence-electron chi connectivity index (χ4n) is 2.50. The summed E-state index contributed by atoms with van der Waals surface area (Å²) < 4.78 is 31.6. The first-order valence-corrected chi connectivity index (χ1v) is 10.5. The summed E-state index contributed by atoms with van der Waals surface area (Å²) in [5.41, 5.74) is 15.1. The molecule has 1 aromatic heterocycles. The summed E-state index contributed by atoms with van der Waals surface area (Å²) in [7, 11) is -4.67. The number of nitrogens with zero attached hydrogens (tertiary/aromatic N) is 2. The van der Waals surface area contributed by atoms with E-state index >= 15 is 0 Å². The second-order valence-electron chi connectivity index (χ2n) is 5.90. The van der Waals surface area contributed by atoms with E-state index in [-0.39, 0.29) is 5.95 Å². The average Bonchev–Trinajstić information content (AvgIpc) is 2.63. The second-order valence-corrected chi connectivity index (χ2v) is 7.61. The van der Waals surface area contributed by atoms with Crippen LogP contribution in [0.4, 0.5) is 11.8 Å². The van der Waals surface area contributed by atoms with Gasteiger partial charge >= 0.3 is 10.4 Å². The minimum absolute atomic E-state index is 0.126. The molecular formula is C19H18Cl2N4O4S. The first-order chi connectivity index (χ1) is 14.0. The zero-order chi connectivity index (χ0) is 22.3. The molecule has 8 nitrogen and oxygen atoms in total. The van der Waals surface area contributed by atoms with Crippen molar-refractivity contribution in [3.63, 3.8) is 0 Å². The molecule has 0 bridgehead atoms. The van der Waals surface area contributed by atoms with Crippen molar-refractivity contribution in [2.75, 3.05) is 11.5 Å². The Bertz CT molecular complexity index is 1150. The van der Waals surface area contributed by atoms with Gasteiger partial charge in [-0.1, -0.05) is 65.7 Å². The van der Waals surface area contributed by atoms with Crippen LogP contribution >= 0.6 is 23.2 Å². The van der Waals surface area contributed by atoms with E-state index in [4.69, 9.17) is 52.2 Å². The van der Waals surface area contributed by atoms with E-state index in [0.717, 1.165) is 12.0 Å². The number of nitrogen functional groups attached to an aromatic ring is 2. The molecule has 30 heavy (non-hydrogen) atoms. The molecule has 3 rings (SSSR count). The number of aromatic nitrogens is 2. The SMILES string of the molecule is Nc1nc(N)c(-c2ccc(Cl)c(Cl)c2)c(/C=C/Cc2ccccc2)n1.O=S(=O)(O)O. The highest BCUT2D eigenvalue weighted by atomic mass is 35.5. The van der Waals surface area contributed by atoms with Crippen LogP contribution in [0.5, 0.6) is 0 Å². The summed E-state index contributed by atoms with van der Waals surface area (Å²) >= 11 is 12.1. The van der Waals surface area contributed by atoms with E-state index in [1.807, 2.05) is 36.4 Å². The highest BCUT2D eigenvalue weighted by Gasteiger charge is 2.13. The van der Waals surface area contributed by atoms with Crippen LogP contribution in [0.2, 0.25) is 10.0 Å². The molecule has 1 heterocycles. The molecule has 0 unspecified atom stereocenters. The second kappa shape index (κ2) is 10.4. The number of benzene rings is 2. The van der Waals surface area contributed by atoms with E-state index in [9.17, 15) is 0 Å². The first kappa shape index (κ1) is 23.6. The maximum atomic E-state index is 8.74. The number of rotatable bonds is 4. The lowest BCUT2D eigenvalue weighted by Gasteiger charge is -2.10. The smallest absolute Gasteiger partial charge is 0.383 e. The van der Waals surface area contributed by atoms with Crippen molar-refractivity contribution in [3.8, 4) is 11.1 Å². The molecule has 0 aliphatic rings. The molecule has 0 fully saturated rings. The Kier molecular flexibility index (Phi) is 8.16. The Balaban J connectivity index is 0.000000575. The number of halogens is 2. The first-order valence-electron chi connectivity index (χ1n) is 8.33. The van der Waals surface area contributed by atoms with Crippen molar-refractivity contribution in [1.82, 2.24) is 9.97 Å². The van der Waals surface area contributed by atoms with Gasteiger partial charge in [-0.25, -0.2) is 4.98 Å². The van der Waals surface area contributed by atoms with Crippen molar-refractivity contribution < 1.29 is 17.5 Å². The summed E-state index contributed by atoms with van der Waals surface area (Å²) in [4.78, 5) is 8.38. The molecule has 0 aliphatic heterocycles. The monoisotopic (exact) mass is 468 g/mol. The zero-order valence-electron chi connectivity index (χ0n) is 15.4. The third-order valence-corrected chi connectivity index (χ3v) is 4.40. The summed E-state index contributed by atoms with van der Waals surface area (Å²) in [6, 6.07) is 15.4. The molecule has 6 N–H and O–H groups in total. The van der Waals surface area contributed by atoms with Crippen LogP contribution in [0, 0.1) is 0 Å². The Morgan fingerprint density at radius 3 is 2.20 bits per heavy atom. The van der Waals surface area contributed by atoms with Crippen LogP contribution in [0.3, 0.4) is 0 Å². The number of nitrogens with two attached hydrogens (primary N) is 2. The predicted molar refractivity (Wildman–Crippen MR) is 120 cm³/mol. The largest absolute Gasteiger partial charge is 0.394 e. The molecule has 0 radical (unpaired) electrons. The normalized spacial score (nSPS) is 11.2. The van der Waals surface area contributed by atoms with Gasteiger partial charge in [0.2, 0.25) is 5.95 Å². The van der Waals surface area contributed by atoms with Crippen molar-refractivity contribution in [2.24, 2.45) is 0 Å². The van der Waals surface area contributed by atoms with Crippen LogP contribution in [0.1, 0.15) is 11.3 Å². The zero-order valence-corrected chi connectivity index (χ0v) is 17.7. The Hall–Kier alpha value is -2.69. The molecule has 11 heteroatoms. The molecule has 0 spiro atoms. The van der Waals surface area contributed by atoms with E-state index in [0.29, 0.717) is 27.1 Å². The van der Waals surface area contributed by atoms with Gasteiger partial charge in [-0.15, -0.1) is 0 Å². The van der Waals surface area contributed by atoms with Gasteiger partial charge < -0.3 is 11.5 Å². The van der Waals surface area contributed by atoms with Gasteiger partial charge in [0.15, 0.2) is 0 Å². The fourth-order valence-corrected chi connectivity index (χ4v) is 2.80. The number of hydrogen-bond donors (Lipinski definition) is 4. The van der Waals surface area contributed by atoms with Gasteiger partial charge in [-0.3, -0.25) is 9.11 Å². The van der Waals surface area contributed by atoms with E-state index < -0.39 is 10.4 Å². The van der Waals surface area contributed by atoms with E-state index in [2.05, 4.69) is 22.1 Å². The third kappa shape index (κ3) is 7.62. The number of allylic oxidation sites excluding steroid dienone is 1.